The maximum atomic E-state index is 13.7. The molecule has 0 amide bonds. The fourth-order valence-corrected chi connectivity index (χ4v) is 2.10. The summed E-state index contributed by atoms with van der Waals surface area (Å²) in [6, 6.07) is 9.46. The van der Waals surface area contributed by atoms with E-state index in [0.717, 1.165) is 4.47 Å². The van der Waals surface area contributed by atoms with E-state index in [4.69, 9.17) is 5.11 Å². The molecule has 0 aromatic heterocycles. The van der Waals surface area contributed by atoms with Crippen molar-refractivity contribution in [3.8, 4) is 11.1 Å². The molecule has 0 aliphatic heterocycles. The molecule has 2 nitrogen and oxygen atoms in total. The predicted octanol–water partition coefficient (Wildman–Crippen LogP) is 4.26. The van der Waals surface area contributed by atoms with Gasteiger partial charge in [-0.2, -0.15) is 0 Å². The highest BCUT2D eigenvalue weighted by Gasteiger charge is 2.11. The maximum absolute atomic E-state index is 13.7. The zero-order valence-corrected chi connectivity index (χ0v) is 11.2. The van der Waals surface area contributed by atoms with Gasteiger partial charge in [0.2, 0.25) is 0 Å². The van der Waals surface area contributed by atoms with Gasteiger partial charge in [0.1, 0.15) is 5.82 Å². The van der Waals surface area contributed by atoms with Crippen LogP contribution in [0.4, 0.5) is 4.39 Å². The van der Waals surface area contributed by atoms with Crippen molar-refractivity contribution < 1.29 is 14.3 Å². The Morgan fingerprint density at radius 2 is 1.94 bits per heavy atom. The van der Waals surface area contributed by atoms with Crippen LogP contribution in [0.5, 0.6) is 0 Å². The van der Waals surface area contributed by atoms with E-state index in [1.807, 2.05) is 0 Å². The van der Waals surface area contributed by atoms with Crippen LogP contribution in [0.15, 0.2) is 40.9 Å². The Morgan fingerprint density at radius 3 is 2.61 bits per heavy atom. The second-order valence-corrected chi connectivity index (χ2v) is 4.87. The highest BCUT2D eigenvalue weighted by Crippen LogP contribution is 2.27. The minimum absolute atomic E-state index is 0.187. The quantitative estimate of drug-likeness (QED) is 0.900. The third-order valence-electron chi connectivity index (χ3n) is 2.71. The van der Waals surface area contributed by atoms with Crippen LogP contribution in [0.25, 0.3) is 11.1 Å². The van der Waals surface area contributed by atoms with E-state index < -0.39 is 5.97 Å². The Labute approximate surface area is 112 Å². The number of benzene rings is 2. The lowest BCUT2D eigenvalue weighted by atomic mass is 9.99. The topological polar surface area (TPSA) is 37.3 Å². The van der Waals surface area contributed by atoms with Gasteiger partial charge in [0.15, 0.2) is 0 Å². The summed E-state index contributed by atoms with van der Waals surface area (Å²) in [5.74, 6) is -1.39. The molecule has 0 aliphatic carbocycles. The fraction of sp³-hybridized carbons (Fsp3) is 0.0714. The van der Waals surface area contributed by atoms with Crippen LogP contribution in [0.3, 0.4) is 0 Å². The zero-order chi connectivity index (χ0) is 13.3. The summed E-state index contributed by atoms with van der Waals surface area (Å²) in [5, 5.41) is 9.06. The van der Waals surface area contributed by atoms with Crippen molar-refractivity contribution in [2.75, 3.05) is 0 Å². The molecular weight excluding hydrogens is 299 g/mol. The highest BCUT2D eigenvalue weighted by atomic mass is 79.9. The van der Waals surface area contributed by atoms with Crippen LogP contribution in [0.2, 0.25) is 0 Å². The maximum Gasteiger partial charge on any atom is 0.335 e. The SMILES string of the molecule is Cc1ccc(-c2cc(Br)ccc2F)cc1C(=O)O. The molecule has 0 atom stereocenters. The first kappa shape index (κ1) is 12.8. The molecule has 92 valence electrons. The number of rotatable bonds is 2. The molecule has 0 spiro atoms. The van der Waals surface area contributed by atoms with Crippen LogP contribution in [0, 0.1) is 12.7 Å². The van der Waals surface area contributed by atoms with Gasteiger partial charge in [-0.15, -0.1) is 0 Å². The molecule has 0 saturated carbocycles. The number of aromatic carboxylic acids is 1. The van der Waals surface area contributed by atoms with Crippen molar-refractivity contribution in [3.63, 3.8) is 0 Å². The zero-order valence-electron chi connectivity index (χ0n) is 9.58. The Balaban J connectivity index is 2.61. The van der Waals surface area contributed by atoms with Crippen molar-refractivity contribution in [3.05, 3.63) is 57.8 Å². The van der Waals surface area contributed by atoms with Crippen molar-refractivity contribution >= 4 is 21.9 Å². The average Bonchev–Trinajstić information content (AvgIpc) is 2.33. The molecule has 2 rings (SSSR count). The van der Waals surface area contributed by atoms with Crippen molar-refractivity contribution in [2.24, 2.45) is 0 Å². The number of hydrogen-bond acceptors (Lipinski definition) is 1. The van der Waals surface area contributed by atoms with E-state index in [9.17, 15) is 9.18 Å². The standard InChI is InChI=1S/C14H10BrFO2/c1-8-2-3-9(6-11(8)14(17)18)12-7-10(15)4-5-13(12)16/h2-7H,1H3,(H,17,18). The van der Waals surface area contributed by atoms with Gasteiger partial charge in [-0.25, -0.2) is 9.18 Å². The molecule has 0 bridgehead atoms. The summed E-state index contributed by atoms with van der Waals surface area (Å²) >= 11 is 3.27. The van der Waals surface area contributed by atoms with Gasteiger partial charge < -0.3 is 5.11 Å². The Bertz CT molecular complexity index is 623. The van der Waals surface area contributed by atoms with Crippen LogP contribution in [0.1, 0.15) is 15.9 Å². The average molecular weight is 309 g/mol. The van der Waals surface area contributed by atoms with Crippen LogP contribution in [-0.4, -0.2) is 11.1 Å². The lowest BCUT2D eigenvalue weighted by molar-refractivity contribution is 0.0696. The first-order chi connectivity index (χ1) is 8.49. The number of aryl methyl sites for hydroxylation is 1. The molecule has 0 unspecified atom stereocenters. The lowest BCUT2D eigenvalue weighted by Gasteiger charge is -2.07. The molecule has 1 N–H and O–H groups in total. The van der Waals surface area contributed by atoms with Crippen molar-refractivity contribution in [2.45, 2.75) is 6.92 Å². The lowest BCUT2D eigenvalue weighted by Crippen LogP contribution is -2.00. The molecule has 2 aromatic carbocycles. The van der Waals surface area contributed by atoms with Crippen LogP contribution < -0.4 is 0 Å². The van der Waals surface area contributed by atoms with Crippen molar-refractivity contribution in [1.82, 2.24) is 0 Å². The van der Waals surface area contributed by atoms with Gasteiger partial charge in [0, 0.05) is 10.0 Å². The molecule has 0 radical (unpaired) electrons. The second kappa shape index (κ2) is 4.90. The summed E-state index contributed by atoms with van der Waals surface area (Å²) in [7, 11) is 0. The van der Waals surface area contributed by atoms with Gasteiger partial charge in [-0.05, 0) is 42.3 Å². The van der Waals surface area contributed by atoms with Crippen molar-refractivity contribution in [1.29, 1.82) is 0 Å². The summed E-state index contributed by atoms with van der Waals surface area (Å²) in [5.41, 5.74) is 1.78. The van der Waals surface area contributed by atoms with Gasteiger partial charge in [-0.3, -0.25) is 0 Å². The van der Waals surface area contributed by atoms with Crippen LogP contribution in [-0.2, 0) is 0 Å². The largest absolute Gasteiger partial charge is 0.478 e. The molecule has 2 aromatic rings. The molecular formula is C14H10BrFO2. The van der Waals surface area contributed by atoms with Gasteiger partial charge in [0.25, 0.3) is 0 Å². The molecule has 4 heteroatoms. The van der Waals surface area contributed by atoms with E-state index in [2.05, 4.69) is 15.9 Å². The molecule has 18 heavy (non-hydrogen) atoms. The van der Waals surface area contributed by atoms with Crippen LogP contribution >= 0.6 is 15.9 Å². The summed E-state index contributed by atoms with van der Waals surface area (Å²) in [6.07, 6.45) is 0. The summed E-state index contributed by atoms with van der Waals surface area (Å²) in [4.78, 5) is 11.1. The first-order valence-corrected chi connectivity index (χ1v) is 6.07. The summed E-state index contributed by atoms with van der Waals surface area (Å²) in [6.45, 7) is 1.71. The third kappa shape index (κ3) is 2.43. The Hall–Kier alpha value is -1.68. The predicted molar refractivity (Wildman–Crippen MR) is 71.2 cm³/mol. The van der Waals surface area contributed by atoms with Gasteiger partial charge in [-0.1, -0.05) is 28.1 Å². The van der Waals surface area contributed by atoms with Gasteiger partial charge >= 0.3 is 5.97 Å². The van der Waals surface area contributed by atoms with Gasteiger partial charge in [0.05, 0.1) is 5.56 Å². The number of hydrogen-bond donors (Lipinski definition) is 1. The molecule has 0 fully saturated rings. The van der Waals surface area contributed by atoms with E-state index in [-0.39, 0.29) is 11.4 Å². The molecule has 0 heterocycles. The third-order valence-corrected chi connectivity index (χ3v) is 3.20. The van der Waals surface area contributed by atoms with E-state index in [1.165, 1.54) is 12.1 Å². The Kier molecular flexibility index (Phi) is 3.48. The number of halogens is 2. The fourth-order valence-electron chi connectivity index (χ4n) is 1.74. The highest BCUT2D eigenvalue weighted by molar-refractivity contribution is 9.10. The summed E-state index contributed by atoms with van der Waals surface area (Å²) < 4.78 is 14.5. The monoisotopic (exact) mass is 308 g/mol. The first-order valence-electron chi connectivity index (χ1n) is 5.28. The minimum Gasteiger partial charge on any atom is -0.478 e. The molecule has 0 saturated heterocycles. The molecule has 0 aliphatic rings. The van der Waals surface area contributed by atoms with E-state index >= 15 is 0 Å². The Morgan fingerprint density at radius 1 is 1.22 bits per heavy atom. The van der Waals surface area contributed by atoms with E-state index in [0.29, 0.717) is 16.7 Å². The minimum atomic E-state index is -1.01. The number of carbonyl (C=O) groups is 1. The van der Waals surface area contributed by atoms with E-state index in [1.54, 1.807) is 31.2 Å². The smallest absolute Gasteiger partial charge is 0.335 e. The number of carboxylic acid groups (broad SMARTS) is 1. The normalized spacial score (nSPS) is 10.4. The number of carboxylic acids is 1. The second-order valence-electron chi connectivity index (χ2n) is 3.96.